The van der Waals surface area contributed by atoms with Crippen LogP contribution in [0, 0.1) is 5.92 Å². The fourth-order valence-corrected chi connectivity index (χ4v) is 5.28. The molecule has 1 aromatic rings. The first-order chi connectivity index (χ1) is 14.9. The van der Waals surface area contributed by atoms with Crippen molar-refractivity contribution in [2.24, 2.45) is 11.7 Å². The lowest BCUT2D eigenvalue weighted by molar-refractivity contribution is -0.167. The minimum Gasteiger partial charge on any atom is -0.466 e. The Kier molecular flexibility index (Phi) is 7.26. The number of nitrogens with zero attached hydrogens (tertiary/aromatic N) is 2. The second-order valence-electron chi connectivity index (χ2n) is 9.63. The molecule has 2 heterocycles. The number of carbonyl (C=O) groups is 3. The monoisotopic (exact) mass is 466 g/mol. The van der Waals surface area contributed by atoms with Gasteiger partial charge in [0.05, 0.1) is 18.2 Å². The number of esters is 2. The summed E-state index contributed by atoms with van der Waals surface area (Å²) < 4.78 is 10.8. The van der Waals surface area contributed by atoms with Gasteiger partial charge in [0.1, 0.15) is 5.60 Å². The standard InChI is InChI=1S/C22H34N4O5S/c1-6-30-19(28)13-7-9-22(16(23)11-13,20(29)31-21(2,3)4)25-17(27)18-24-14-8-10-26(5)12-15(14)32-18/h13,16H,6-12,23H2,1-5H3,(H,25,27). The minimum atomic E-state index is -1.43. The maximum atomic E-state index is 13.3. The van der Waals surface area contributed by atoms with Gasteiger partial charge in [0, 0.05) is 30.4 Å². The van der Waals surface area contributed by atoms with Crippen LogP contribution >= 0.6 is 11.3 Å². The Balaban J connectivity index is 1.84. The van der Waals surface area contributed by atoms with E-state index >= 15 is 0 Å². The molecule has 0 spiro atoms. The zero-order chi connectivity index (χ0) is 23.7. The number of fused-ring (bicyclic) bond motifs is 1. The molecule has 0 bridgehead atoms. The van der Waals surface area contributed by atoms with E-state index in [1.54, 1.807) is 27.7 Å². The fraction of sp³-hybridized carbons (Fsp3) is 0.727. The maximum Gasteiger partial charge on any atom is 0.334 e. The number of hydrogen-bond acceptors (Lipinski definition) is 9. The predicted molar refractivity (Wildman–Crippen MR) is 120 cm³/mol. The molecule has 1 aliphatic carbocycles. The van der Waals surface area contributed by atoms with Gasteiger partial charge >= 0.3 is 11.9 Å². The summed E-state index contributed by atoms with van der Waals surface area (Å²) in [6.07, 6.45) is 1.56. The van der Waals surface area contributed by atoms with Crippen LogP contribution in [0.5, 0.6) is 0 Å². The average molecular weight is 467 g/mol. The van der Waals surface area contributed by atoms with Gasteiger partial charge in [-0.15, -0.1) is 11.3 Å². The van der Waals surface area contributed by atoms with Crippen LogP contribution in [0.3, 0.4) is 0 Å². The van der Waals surface area contributed by atoms with Crippen molar-refractivity contribution in [2.45, 2.75) is 77.1 Å². The van der Waals surface area contributed by atoms with Gasteiger partial charge in [0.15, 0.2) is 10.5 Å². The van der Waals surface area contributed by atoms with Crippen LogP contribution in [-0.4, -0.2) is 65.1 Å². The highest BCUT2D eigenvalue weighted by Crippen LogP contribution is 2.35. The third kappa shape index (κ3) is 5.29. The summed E-state index contributed by atoms with van der Waals surface area (Å²) in [4.78, 5) is 46.5. The predicted octanol–water partition coefficient (Wildman–Crippen LogP) is 1.63. The number of hydrogen-bond donors (Lipinski definition) is 2. The van der Waals surface area contributed by atoms with E-state index < -0.39 is 35.0 Å². The van der Waals surface area contributed by atoms with Gasteiger partial charge in [-0.3, -0.25) is 9.59 Å². The van der Waals surface area contributed by atoms with Gasteiger partial charge in [-0.1, -0.05) is 0 Å². The molecule has 3 unspecified atom stereocenters. The van der Waals surface area contributed by atoms with Crippen LogP contribution in [0.4, 0.5) is 0 Å². The number of amides is 1. The van der Waals surface area contributed by atoms with Crippen molar-refractivity contribution in [2.75, 3.05) is 20.2 Å². The number of ether oxygens (including phenoxy) is 2. The van der Waals surface area contributed by atoms with Crippen molar-refractivity contribution in [3.8, 4) is 0 Å². The highest BCUT2D eigenvalue weighted by Gasteiger charge is 2.52. The highest BCUT2D eigenvalue weighted by atomic mass is 32.1. The number of likely N-dealkylation sites (N-methyl/N-ethyl adjacent to an activating group) is 1. The van der Waals surface area contributed by atoms with Gasteiger partial charge in [-0.25, -0.2) is 9.78 Å². The number of nitrogens with two attached hydrogens (primary N) is 1. The number of aromatic nitrogens is 1. The van der Waals surface area contributed by atoms with E-state index in [1.165, 1.54) is 11.3 Å². The van der Waals surface area contributed by atoms with Gasteiger partial charge in [0.25, 0.3) is 5.91 Å². The van der Waals surface area contributed by atoms with Crippen molar-refractivity contribution in [3.63, 3.8) is 0 Å². The smallest absolute Gasteiger partial charge is 0.334 e. The molecular weight excluding hydrogens is 432 g/mol. The summed E-state index contributed by atoms with van der Waals surface area (Å²) in [7, 11) is 2.03. The van der Waals surface area contributed by atoms with E-state index in [-0.39, 0.29) is 25.4 Å². The van der Waals surface area contributed by atoms with Crippen LogP contribution in [0.15, 0.2) is 0 Å². The minimum absolute atomic E-state index is 0.187. The normalized spacial score (nSPS) is 26.2. The molecule has 3 N–H and O–H groups in total. The fourth-order valence-electron chi connectivity index (χ4n) is 4.19. The second kappa shape index (κ2) is 9.44. The molecule has 1 aliphatic heterocycles. The topological polar surface area (TPSA) is 124 Å². The first kappa shape index (κ1) is 24.6. The summed E-state index contributed by atoms with van der Waals surface area (Å²) in [6, 6.07) is -0.801. The molecule has 3 rings (SSSR count). The van der Waals surface area contributed by atoms with Crippen molar-refractivity contribution >= 4 is 29.2 Å². The zero-order valence-electron chi connectivity index (χ0n) is 19.5. The summed E-state index contributed by atoms with van der Waals surface area (Å²) in [5.41, 5.74) is 5.20. The Bertz CT molecular complexity index is 880. The zero-order valence-corrected chi connectivity index (χ0v) is 20.3. The molecule has 1 amide bonds. The second-order valence-corrected chi connectivity index (χ2v) is 10.7. The molecule has 2 aliphatic rings. The van der Waals surface area contributed by atoms with Gasteiger partial charge in [-0.05, 0) is 54.0 Å². The van der Waals surface area contributed by atoms with Gasteiger partial charge in [0.2, 0.25) is 0 Å². The largest absolute Gasteiger partial charge is 0.466 e. The lowest BCUT2D eigenvalue weighted by Crippen LogP contribution is -2.68. The van der Waals surface area contributed by atoms with Crippen LogP contribution in [0.1, 0.15) is 67.3 Å². The third-order valence-electron chi connectivity index (χ3n) is 5.89. The maximum absolute atomic E-state index is 13.3. The third-order valence-corrected chi connectivity index (χ3v) is 6.98. The molecule has 10 heteroatoms. The Labute approximate surface area is 193 Å². The molecule has 32 heavy (non-hydrogen) atoms. The van der Waals surface area contributed by atoms with Crippen molar-refractivity contribution in [1.82, 2.24) is 15.2 Å². The van der Waals surface area contributed by atoms with E-state index in [0.29, 0.717) is 11.4 Å². The quantitative estimate of drug-likeness (QED) is 0.628. The number of rotatable bonds is 5. The highest BCUT2D eigenvalue weighted by molar-refractivity contribution is 7.13. The first-order valence-electron chi connectivity index (χ1n) is 11.1. The molecule has 9 nitrogen and oxygen atoms in total. The van der Waals surface area contributed by atoms with E-state index in [0.717, 1.165) is 30.1 Å². The van der Waals surface area contributed by atoms with Crippen molar-refractivity contribution in [3.05, 3.63) is 15.6 Å². The number of thiazole rings is 1. The molecule has 1 saturated carbocycles. The first-order valence-corrected chi connectivity index (χ1v) is 11.9. The number of nitrogens with one attached hydrogen (secondary N) is 1. The van der Waals surface area contributed by atoms with Gasteiger partial charge in [-0.2, -0.15) is 0 Å². The lowest BCUT2D eigenvalue weighted by atomic mass is 9.72. The Morgan fingerprint density at radius 1 is 1.34 bits per heavy atom. The van der Waals surface area contributed by atoms with E-state index in [1.807, 2.05) is 7.05 Å². The van der Waals surface area contributed by atoms with E-state index in [9.17, 15) is 14.4 Å². The lowest BCUT2D eigenvalue weighted by Gasteiger charge is -2.43. The van der Waals surface area contributed by atoms with Crippen LogP contribution in [-0.2, 0) is 32.0 Å². The molecule has 0 radical (unpaired) electrons. The van der Waals surface area contributed by atoms with E-state index in [4.69, 9.17) is 15.2 Å². The SMILES string of the molecule is CCOC(=O)C1CCC(NC(=O)c2nc3c(s2)CN(C)CC3)(C(=O)OC(C)(C)C)C(N)C1. The molecule has 3 atom stereocenters. The van der Waals surface area contributed by atoms with Crippen molar-refractivity contribution in [1.29, 1.82) is 0 Å². The Morgan fingerprint density at radius 3 is 2.69 bits per heavy atom. The number of carbonyl (C=O) groups excluding carboxylic acids is 3. The molecule has 178 valence electrons. The molecule has 1 aromatic heterocycles. The van der Waals surface area contributed by atoms with Crippen molar-refractivity contribution < 1.29 is 23.9 Å². The molecule has 1 fully saturated rings. The molecule has 0 saturated heterocycles. The molecule has 0 aromatic carbocycles. The molecular formula is C22H34N4O5S. The van der Waals surface area contributed by atoms with Gasteiger partial charge < -0.3 is 25.4 Å². The summed E-state index contributed by atoms with van der Waals surface area (Å²) in [5, 5.41) is 3.19. The Morgan fingerprint density at radius 2 is 2.06 bits per heavy atom. The van der Waals surface area contributed by atoms with Crippen LogP contribution in [0.25, 0.3) is 0 Å². The van der Waals surface area contributed by atoms with E-state index in [2.05, 4.69) is 15.2 Å². The van der Waals surface area contributed by atoms with Crippen LogP contribution < -0.4 is 11.1 Å². The Hall–Kier alpha value is -2.04. The van der Waals surface area contributed by atoms with Crippen LogP contribution in [0.2, 0.25) is 0 Å². The average Bonchev–Trinajstić information content (AvgIpc) is 3.11. The summed E-state index contributed by atoms with van der Waals surface area (Å²) in [6.45, 7) is 8.96. The summed E-state index contributed by atoms with van der Waals surface area (Å²) in [5.74, 6) is -1.78. The summed E-state index contributed by atoms with van der Waals surface area (Å²) >= 11 is 1.34.